The van der Waals surface area contributed by atoms with E-state index in [1.807, 2.05) is 36.4 Å². The number of aliphatic hydroxyl groups excluding tert-OH is 2. The van der Waals surface area contributed by atoms with Crippen LogP contribution < -0.4 is 30.2 Å². The van der Waals surface area contributed by atoms with E-state index in [-0.39, 0.29) is 38.5 Å². The minimum absolute atomic E-state index is 0.0485. The normalized spacial score (nSPS) is 12.2. The lowest BCUT2D eigenvalue weighted by Crippen LogP contribution is -2.27. The topological polar surface area (TPSA) is 158 Å². The lowest BCUT2D eigenvalue weighted by Gasteiger charge is -2.19. The van der Waals surface area contributed by atoms with Crippen molar-refractivity contribution in [2.24, 2.45) is 0 Å². The molecule has 5 N–H and O–H groups in total. The summed E-state index contributed by atoms with van der Waals surface area (Å²) in [7, 11) is 0. The predicted molar refractivity (Wildman–Crippen MR) is 216 cm³/mol. The standard InChI is InChI=1S/C44H46ClN5O6/c1-28-33(26-56-43-20-42(34(19-40(43)45)24-49-27-52)55-25-31-17-30(21-46)22-48-23-31)5-3-7-37(28)38-8-4-6-36(29(38)2)32-9-12-41(54-16-14-47-13-15-51)39(18-32)44(53)50-35-10-11-35/h3-9,12,17-20,22-23,35,47,49,51-52H,10-11,13-16,24-27H2,1-2H3,(H,50,53). The summed E-state index contributed by atoms with van der Waals surface area (Å²) < 4.78 is 18.5. The molecule has 56 heavy (non-hydrogen) atoms. The molecule has 290 valence electrons. The molecule has 0 saturated heterocycles. The third-order valence-corrected chi connectivity index (χ3v) is 9.88. The van der Waals surface area contributed by atoms with Crippen LogP contribution in [-0.2, 0) is 19.8 Å². The number of hydrogen-bond acceptors (Lipinski definition) is 10. The van der Waals surface area contributed by atoms with Crippen molar-refractivity contribution < 1.29 is 29.2 Å². The second-order valence-corrected chi connectivity index (χ2v) is 14.0. The van der Waals surface area contributed by atoms with Gasteiger partial charge in [0.1, 0.15) is 43.1 Å². The van der Waals surface area contributed by atoms with Crippen LogP contribution in [0.1, 0.15) is 56.6 Å². The van der Waals surface area contributed by atoms with Crippen LogP contribution in [0.15, 0.2) is 85.2 Å². The molecule has 5 aromatic rings. The fourth-order valence-corrected chi connectivity index (χ4v) is 6.64. The molecule has 0 atom stereocenters. The molecule has 0 unspecified atom stereocenters. The minimum atomic E-state index is -0.216. The summed E-state index contributed by atoms with van der Waals surface area (Å²) in [4.78, 5) is 17.5. The van der Waals surface area contributed by atoms with Crippen molar-refractivity contribution in [3.63, 3.8) is 0 Å². The second kappa shape index (κ2) is 19.4. The number of amides is 1. The first-order valence-corrected chi connectivity index (χ1v) is 19.0. The first-order valence-electron chi connectivity index (χ1n) is 18.6. The zero-order valence-corrected chi connectivity index (χ0v) is 32.3. The van der Waals surface area contributed by atoms with Gasteiger partial charge in [-0.3, -0.25) is 15.1 Å². The molecule has 1 fully saturated rings. The maximum Gasteiger partial charge on any atom is 0.255 e. The summed E-state index contributed by atoms with van der Waals surface area (Å²) >= 11 is 6.72. The van der Waals surface area contributed by atoms with Gasteiger partial charge in [0.25, 0.3) is 5.91 Å². The molecule has 0 aliphatic heterocycles. The predicted octanol–water partition coefficient (Wildman–Crippen LogP) is 6.61. The van der Waals surface area contributed by atoms with Gasteiger partial charge in [-0.15, -0.1) is 0 Å². The van der Waals surface area contributed by atoms with Crippen molar-refractivity contribution in [3.05, 3.63) is 129 Å². The van der Waals surface area contributed by atoms with Gasteiger partial charge in [0.15, 0.2) is 0 Å². The van der Waals surface area contributed by atoms with Crippen LogP contribution in [0.4, 0.5) is 0 Å². The highest BCUT2D eigenvalue weighted by molar-refractivity contribution is 6.32. The maximum atomic E-state index is 13.4. The largest absolute Gasteiger partial charge is 0.491 e. The Kier molecular flexibility index (Phi) is 13.9. The summed E-state index contributed by atoms with van der Waals surface area (Å²) in [6.07, 6.45) is 5.10. The van der Waals surface area contributed by atoms with Crippen molar-refractivity contribution >= 4 is 17.5 Å². The van der Waals surface area contributed by atoms with Crippen LogP contribution in [0.2, 0.25) is 5.02 Å². The molecule has 1 saturated carbocycles. The highest BCUT2D eigenvalue weighted by atomic mass is 35.5. The third kappa shape index (κ3) is 10.2. The van der Waals surface area contributed by atoms with Crippen LogP contribution >= 0.6 is 11.6 Å². The first-order chi connectivity index (χ1) is 27.3. The van der Waals surface area contributed by atoms with E-state index in [0.717, 1.165) is 62.9 Å². The Labute approximate surface area is 332 Å². The number of nitrogens with one attached hydrogen (secondary N) is 3. The molecule has 1 amide bonds. The number of halogens is 1. The SMILES string of the molecule is Cc1c(COc2cc(OCc3cncc(C#N)c3)c(CNCO)cc2Cl)cccc1-c1cccc(-c2ccc(OCCNCCO)c(C(=O)NC3CC3)c2)c1C. The highest BCUT2D eigenvalue weighted by Crippen LogP contribution is 2.38. The molecule has 12 heteroatoms. The molecular formula is C44H46ClN5O6. The first kappa shape index (κ1) is 40.2. The molecule has 1 heterocycles. The summed E-state index contributed by atoms with van der Waals surface area (Å²) in [6.45, 7) is 6.13. The average Bonchev–Trinajstić information content (AvgIpc) is 4.04. The Bertz CT molecular complexity index is 2200. The molecule has 0 spiro atoms. The Morgan fingerprint density at radius 2 is 1.61 bits per heavy atom. The summed E-state index contributed by atoms with van der Waals surface area (Å²) in [5.74, 6) is 1.33. The van der Waals surface area contributed by atoms with Crippen molar-refractivity contribution in [2.75, 3.05) is 33.0 Å². The van der Waals surface area contributed by atoms with Crippen LogP contribution in [0.5, 0.6) is 17.2 Å². The zero-order chi connectivity index (χ0) is 39.4. The van der Waals surface area contributed by atoms with Crippen LogP contribution in [-0.4, -0.2) is 60.2 Å². The van der Waals surface area contributed by atoms with E-state index >= 15 is 0 Å². The average molecular weight is 776 g/mol. The van der Waals surface area contributed by atoms with Crippen molar-refractivity contribution in [2.45, 2.75) is 52.5 Å². The summed E-state index contributed by atoms with van der Waals surface area (Å²) in [5, 5.41) is 37.2. The van der Waals surface area contributed by atoms with Gasteiger partial charge in [0.2, 0.25) is 0 Å². The summed E-state index contributed by atoms with van der Waals surface area (Å²) in [5.41, 5.74) is 9.53. The fourth-order valence-electron chi connectivity index (χ4n) is 6.39. The van der Waals surface area contributed by atoms with E-state index in [9.17, 15) is 15.2 Å². The van der Waals surface area contributed by atoms with Crippen LogP contribution in [0.25, 0.3) is 22.3 Å². The van der Waals surface area contributed by atoms with Gasteiger partial charge >= 0.3 is 0 Å². The molecule has 6 rings (SSSR count). The number of hydrogen-bond donors (Lipinski definition) is 5. The Morgan fingerprint density at radius 1 is 0.839 bits per heavy atom. The quantitative estimate of drug-likeness (QED) is 0.0457. The number of aliphatic hydroxyl groups is 2. The number of aromatic nitrogens is 1. The second-order valence-electron chi connectivity index (χ2n) is 13.6. The van der Waals surface area contributed by atoms with E-state index in [0.29, 0.717) is 59.6 Å². The Balaban J connectivity index is 1.23. The van der Waals surface area contributed by atoms with Crippen molar-refractivity contribution in [1.29, 1.82) is 5.26 Å². The molecule has 0 bridgehead atoms. The van der Waals surface area contributed by atoms with Gasteiger partial charge in [-0.25, -0.2) is 0 Å². The minimum Gasteiger partial charge on any atom is -0.491 e. The number of nitrogens with zero attached hydrogens (tertiary/aromatic N) is 2. The van der Waals surface area contributed by atoms with Gasteiger partial charge in [-0.05, 0) is 89.9 Å². The van der Waals surface area contributed by atoms with Crippen LogP contribution in [0.3, 0.4) is 0 Å². The molecule has 1 aromatic heterocycles. The van der Waals surface area contributed by atoms with E-state index in [1.54, 1.807) is 24.4 Å². The van der Waals surface area contributed by atoms with E-state index < -0.39 is 0 Å². The van der Waals surface area contributed by atoms with E-state index in [4.69, 9.17) is 30.9 Å². The fraction of sp³-hybridized carbons (Fsp3) is 0.295. The lowest BCUT2D eigenvalue weighted by atomic mass is 9.89. The van der Waals surface area contributed by atoms with Gasteiger partial charge < -0.3 is 35.1 Å². The molecular weight excluding hydrogens is 730 g/mol. The Hall–Kier alpha value is -5.48. The number of carbonyl (C=O) groups excluding carboxylic acids is 1. The highest BCUT2D eigenvalue weighted by Gasteiger charge is 2.26. The lowest BCUT2D eigenvalue weighted by molar-refractivity contribution is 0.0947. The summed E-state index contributed by atoms with van der Waals surface area (Å²) in [6, 6.07) is 25.6. The number of rotatable bonds is 19. The third-order valence-electron chi connectivity index (χ3n) is 9.59. The zero-order valence-electron chi connectivity index (χ0n) is 31.5. The number of ether oxygens (including phenoxy) is 3. The van der Waals surface area contributed by atoms with Crippen LogP contribution in [0, 0.1) is 25.2 Å². The van der Waals surface area contributed by atoms with Gasteiger partial charge in [-0.1, -0.05) is 54.1 Å². The molecule has 11 nitrogen and oxygen atoms in total. The Morgan fingerprint density at radius 3 is 2.38 bits per heavy atom. The molecule has 0 radical (unpaired) electrons. The maximum absolute atomic E-state index is 13.4. The molecule has 1 aliphatic rings. The van der Waals surface area contributed by atoms with Crippen molar-refractivity contribution in [3.8, 4) is 45.6 Å². The number of pyridine rings is 1. The number of nitriles is 1. The van der Waals surface area contributed by atoms with E-state index in [1.165, 1.54) is 6.20 Å². The number of carbonyl (C=O) groups is 1. The number of benzene rings is 4. The van der Waals surface area contributed by atoms with Gasteiger partial charge in [0.05, 0.1) is 29.5 Å². The molecule has 4 aromatic carbocycles. The van der Waals surface area contributed by atoms with Gasteiger partial charge in [-0.2, -0.15) is 5.26 Å². The molecule has 1 aliphatic carbocycles. The monoisotopic (exact) mass is 775 g/mol. The van der Waals surface area contributed by atoms with Gasteiger partial charge in [0, 0.05) is 55.3 Å². The smallest absolute Gasteiger partial charge is 0.255 e. The van der Waals surface area contributed by atoms with E-state index in [2.05, 4.69) is 59.1 Å². The van der Waals surface area contributed by atoms with Crippen molar-refractivity contribution in [1.82, 2.24) is 20.9 Å².